The second kappa shape index (κ2) is 6.92. The summed E-state index contributed by atoms with van der Waals surface area (Å²) in [5.41, 5.74) is 2.23. The largest absolute Gasteiger partial charge is 0.240 e. The van der Waals surface area contributed by atoms with Crippen LogP contribution in [-0.2, 0) is 23.0 Å². The number of hydrogen-bond donors (Lipinski definition) is 1. The maximum atomic E-state index is 12.2. The molecule has 0 aliphatic heterocycles. The van der Waals surface area contributed by atoms with E-state index in [2.05, 4.69) is 4.72 Å². The van der Waals surface area contributed by atoms with Gasteiger partial charge in [0.1, 0.15) is 0 Å². The fraction of sp³-hybridized carbons (Fsp3) is 0.333. The predicted molar refractivity (Wildman–Crippen MR) is 88.7 cm³/mol. The number of aryl methyl sites for hydroxylation is 3. The fourth-order valence-electron chi connectivity index (χ4n) is 1.93. The van der Waals surface area contributed by atoms with Gasteiger partial charge in [-0.15, -0.1) is 22.9 Å². The lowest BCUT2D eigenvalue weighted by Gasteiger charge is -2.06. The first-order chi connectivity index (χ1) is 9.92. The van der Waals surface area contributed by atoms with E-state index in [0.29, 0.717) is 12.4 Å². The van der Waals surface area contributed by atoms with Crippen molar-refractivity contribution in [2.24, 2.45) is 0 Å². The average molecular weight is 344 g/mol. The molecule has 114 valence electrons. The van der Waals surface area contributed by atoms with Gasteiger partial charge in [-0.25, -0.2) is 13.1 Å². The van der Waals surface area contributed by atoms with Crippen LogP contribution in [0, 0.1) is 13.8 Å². The first kappa shape index (κ1) is 16.5. The third kappa shape index (κ3) is 4.30. The summed E-state index contributed by atoms with van der Waals surface area (Å²) in [7, 11) is -3.47. The maximum absolute atomic E-state index is 12.2. The van der Waals surface area contributed by atoms with Crippen LogP contribution in [0.15, 0.2) is 35.2 Å². The molecule has 21 heavy (non-hydrogen) atoms. The maximum Gasteiger partial charge on any atom is 0.240 e. The van der Waals surface area contributed by atoms with Gasteiger partial charge in [0.2, 0.25) is 10.0 Å². The van der Waals surface area contributed by atoms with Gasteiger partial charge in [-0.2, -0.15) is 0 Å². The van der Waals surface area contributed by atoms with Gasteiger partial charge in [-0.3, -0.25) is 0 Å². The number of nitrogens with one attached hydrogen (secondary N) is 1. The van der Waals surface area contributed by atoms with Crippen molar-refractivity contribution in [2.45, 2.75) is 31.7 Å². The Morgan fingerprint density at radius 2 is 1.86 bits per heavy atom. The van der Waals surface area contributed by atoms with Crippen LogP contribution < -0.4 is 4.72 Å². The van der Waals surface area contributed by atoms with E-state index in [1.54, 1.807) is 35.6 Å². The van der Waals surface area contributed by atoms with Crippen molar-refractivity contribution in [3.63, 3.8) is 0 Å². The summed E-state index contributed by atoms with van der Waals surface area (Å²) in [5.74, 6) is 0.529. The molecule has 0 aliphatic carbocycles. The number of hydrogen-bond acceptors (Lipinski definition) is 3. The summed E-state index contributed by atoms with van der Waals surface area (Å²) in [4.78, 5) is 2.52. The normalized spacial score (nSPS) is 11.8. The standard InChI is InChI=1S/C15H18ClNO2S2/c1-11-9-14(20-12(11)2)10-17-21(18,19)15-5-3-13(4-6-15)7-8-16/h3-6,9,17H,7-8,10H2,1-2H3. The summed E-state index contributed by atoms with van der Waals surface area (Å²) in [6, 6.07) is 8.86. The monoisotopic (exact) mass is 343 g/mol. The van der Waals surface area contributed by atoms with Gasteiger partial charge in [0, 0.05) is 22.2 Å². The fourth-order valence-corrected chi connectivity index (χ4v) is 4.24. The highest BCUT2D eigenvalue weighted by molar-refractivity contribution is 7.89. The molecule has 1 N–H and O–H groups in total. The second-order valence-electron chi connectivity index (χ2n) is 4.86. The summed E-state index contributed by atoms with van der Waals surface area (Å²) in [5, 5.41) is 0. The highest BCUT2D eigenvalue weighted by Gasteiger charge is 2.14. The summed E-state index contributed by atoms with van der Waals surface area (Å²) >= 11 is 7.29. The van der Waals surface area contributed by atoms with Gasteiger partial charge >= 0.3 is 0 Å². The number of sulfonamides is 1. The second-order valence-corrected chi connectivity index (χ2v) is 8.35. The Kier molecular flexibility index (Phi) is 5.43. The van der Waals surface area contributed by atoms with Crippen molar-refractivity contribution in [1.82, 2.24) is 4.72 Å². The van der Waals surface area contributed by atoms with Crippen LogP contribution in [0.3, 0.4) is 0 Å². The molecule has 0 saturated carbocycles. The zero-order chi connectivity index (χ0) is 15.5. The van der Waals surface area contributed by atoms with Crippen molar-refractivity contribution in [1.29, 1.82) is 0 Å². The van der Waals surface area contributed by atoms with E-state index < -0.39 is 10.0 Å². The van der Waals surface area contributed by atoms with Crippen LogP contribution in [0.1, 0.15) is 20.9 Å². The molecule has 0 fully saturated rings. The van der Waals surface area contributed by atoms with Crippen molar-refractivity contribution in [3.05, 3.63) is 51.2 Å². The minimum atomic E-state index is -3.47. The Hall–Kier alpha value is -0.880. The van der Waals surface area contributed by atoms with Crippen molar-refractivity contribution < 1.29 is 8.42 Å². The quantitative estimate of drug-likeness (QED) is 0.814. The Morgan fingerprint density at radius 3 is 2.38 bits per heavy atom. The zero-order valence-electron chi connectivity index (χ0n) is 12.0. The van der Waals surface area contributed by atoms with Crippen LogP contribution in [0.4, 0.5) is 0 Å². The van der Waals surface area contributed by atoms with E-state index in [4.69, 9.17) is 11.6 Å². The highest BCUT2D eigenvalue weighted by atomic mass is 35.5. The van der Waals surface area contributed by atoms with Crippen LogP contribution >= 0.6 is 22.9 Å². The van der Waals surface area contributed by atoms with Crippen LogP contribution in [-0.4, -0.2) is 14.3 Å². The third-order valence-electron chi connectivity index (χ3n) is 3.27. The van der Waals surface area contributed by atoms with Crippen molar-refractivity contribution >= 4 is 33.0 Å². The molecular weight excluding hydrogens is 326 g/mol. The Bertz CT molecular complexity index is 686. The van der Waals surface area contributed by atoms with E-state index in [-0.39, 0.29) is 4.90 Å². The van der Waals surface area contributed by atoms with E-state index in [1.807, 2.05) is 19.9 Å². The molecule has 3 nitrogen and oxygen atoms in total. The first-order valence-electron chi connectivity index (χ1n) is 6.63. The molecule has 0 amide bonds. The molecule has 0 aliphatic rings. The van der Waals surface area contributed by atoms with Crippen LogP contribution in [0.2, 0.25) is 0 Å². The topological polar surface area (TPSA) is 46.2 Å². The van der Waals surface area contributed by atoms with Gasteiger partial charge in [0.05, 0.1) is 4.90 Å². The molecule has 1 aromatic carbocycles. The van der Waals surface area contributed by atoms with Crippen LogP contribution in [0.25, 0.3) is 0 Å². The zero-order valence-corrected chi connectivity index (χ0v) is 14.4. The molecule has 0 radical (unpaired) electrons. The molecule has 0 unspecified atom stereocenters. The molecule has 0 atom stereocenters. The summed E-state index contributed by atoms with van der Waals surface area (Å²) in [6.07, 6.45) is 0.739. The third-order valence-corrected chi connectivity index (χ3v) is 6.03. The lowest BCUT2D eigenvalue weighted by molar-refractivity contribution is 0.582. The van der Waals surface area contributed by atoms with E-state index in [0.717, 1.165) is 16.9 Å². The van der Waals surface area contributed by atoms with Gasteiger partial charge in [-0.1, -0.05) is 12.1 Å². The lowest BCUT2D eigenvalue weighted by atomic mass is 10.2. The Morgan fingerprint density at radius 1 is 1.19 bits per heavy atom. The van der Waals surface area contributed by atoms with Gasteiger partial charge < -0.3 is 0 Å². The summed E-state index contributed by atoms with van der Waals surface area (Å²) in [6.45, 7) is 4.39. The molecule has 2 aromatic rings. The van der Waals surface area contributed by atoms with Crippen molar-refractivity contribution in [2.75, 3.05) is 5.88 Å². The molecule has 6 heteroatoms. The molecule has 0 bridgehead atoms. The number of halogens is 1. The molecule has 1 heterocycles. The van der Waals surface area contributed by atoms with E-state index >= 15 is 0 Å². The van der Waals surface area contributed by atoms with Gasteiger partial charge in [0.25, 0.3) is 0 Å². The van der Waals surface area contributed by atoms with Crippen LogP contribution in [0.5, 0.6) is 0 Å². The first-order valence-corrected chi connectivity index (χ1v) is 9.46. The molecule has 2 rings (SSSR count). The number of alkyl halides is 1. The SMILES string of the molecule is Cc1cc(CNS(=O)(=O)c2ccc(CCCl)cc2)sc1C. The van der Waals surface area contributed by atoms with E-state index in [9.17, 15) is 8.42 Å². The van der Waals surface area contributed by atoms with E-state index in [1.165, 1.54) is 10.4 Å². The average Bonchev–Trinajstić information content (AvgIpc) is 2.77. The molecule has 0 saturated heterocycles. The molecule has 0 spiro atoms. The van der Waals surface area contributed by atoms with Crippen molar-refractivity contribution in [3.8, 4) is 0 Å². The lowest BCUT2D eigenvalue weighted by Crippen LogP contribution is -2.22. The highest BCUT2D eigenvalue weighted by Crippen LogP contribution is 2.21. The summed E-state index contributed by atoms with van der Waals surface area (Å²) < 4.78 is 27.1. The van der Waals surface area contributed by atoms with Gasteiger partial charge in [-0.05, 0) is 49.6 Å². The minimum Gasteiger partial charge on any atom is -0.207 e. The molecule has 1 aromatic heterocycles. The van der Waals surface area contributed by atoms with Gasteiger partial charge in [0.15, 0.2) is 0 Å². The Balaban J connectivity index is 2.07. The Labute approximate surface area is 135 Å². The minimum absolute atomic E-state index is 0.283. The smallest absolute Gasteiger partial charge is 0.207 e. The number of benzene rings is 1. The predicted octanol–water partition coefficient (Wildman–Crippen LogP) is 3.62. The number of rotatable bonds is 6. The number of thiophene rings is 1. The molecular formula is C15H18ClNO2S2.